The van der Waals surface area contributed by atoms with E-state index >= 15 is 0 Å². The van der Waals surface area contributed by atoms with E-state index in [0.29, 0.717) is 18.4 Å². The number of hydrogen-bond donors (Lipinski definition) is 2. The molecule has 1 heterocycles. The summed E-state index contributed by atoms with van der Waals surface area (Å²) in [5.41, 5.74) is 1.04. The van der Waals surface area contributed by atoms with Gasteiger partial charge in [0.25, 0.3) is 0 Å². The summed E-state index contributed by atoms with van der Waals surface area (Å²) in [6, 6.07) is 2.04. The molecule has 7 heteroatoms. The SMILES string of the molecule is CCOC(CCNC(=NC)NCc1cc(C(CC)CC)no1)C(C)C.I. The minimum absolute atomic E-state index is 0. The Morgan fingerprint density at radius 1 is 1.23 bits per heavy atom. The van der Waals surface area contributed by atoms with Crippen molar-refractivity contribution in [2.75, 3.05) is 20.2 Å². The van der Waals surface area contributed by atoms with Crippen LogP contribution in [-0.2, 0) is 11.3 Å². The van der Waals surface area contributed by atoms with Crippen LogP contribution in [0.4, 0.5) is 0 Å². The number of nitrogens with one attached hydrogen (secondary N) is 2. The van der Waals surface area contributed by atoms with Gasteiger partial charge in [0.05, 0.1) is 18.3 Å². The Morgan fingerprint density at radius 3 is 2.46 bits per heavy atom. The fourth-order valence-corrected chi connectivity index (χ4v) is 2.86. The van der Waals surface area contributed by atoms with Crippen LogP contribution in [0.3, 0.4) is 0 Å². The topological polar surface area (TPSA) is 71.7 Å². The highest BCUT2D eigenvalue weighted by molar-refractivity contribution is 14.0. The Kier molecular flexibility index (Phi) is 13.8. The Labute approximate surface area is 175 Å². The molecule has 0 fully saturated rings. The summed E-state index contributed by atoms with van der Waals surface area (Å²) in [5, 5.41) is 10.8. The molecule has 0 aromatic carbocycles. The van der Waals surface area contributed by atoms with Gasteiger partial charge in [0.2, 0.25) is 0 Å². The largest absolute Gasteiger partial charge is 0.378 e. The highest BCUT2D eigenvalue weighted by Crippen LogP contribution is 2.22. The lowest BCUT2D eigenvalue weighted by molar-refractivity contribution is 0.0258. The molecule has 6 nitrogen and oxygen atoms in total. The molecule has 1 rings (SSSR count). The van der Waals surface area contributed by atoms with Crippen LogP contribution in [0.15, 0.2) is 15.6 Å². The second-order valence-corrected chi connectivity index (χ2v) is 6.61. The standard InChI is InChI=1S/C19H36N4O2.HI/c1-7-15(8-2)17-12-16(25-23-17)13-22-19(20-6)21-11-10-18(14(4)5)24-9-3;/h12,14-15,18H,7-11,13H2,1-6H3,(H2,20,21,22);1H. The molecule has 1 atom stereocenters. The van der Waals surface area contributed by atoms with Gasteiger partial charge in [-0.25, -0.2) is 0 Å². The van der Waals surface area contributed by atoms with Crippen LogP contribution in [-0.4, -0.2) is 37.4 Å². The van der Waals surface area contributed by atoms with Gasteiger partial charge >= 0.3 is 0 Å². The smallest absolute Gasteiger partial charge is 0.191 e. The van der Waals surface area contributed by atoms with E-state index in [-0.39, 0.29) is 30.1 Å². The monoisotopic (exact) mass is 480 g/mol. The third-order valence-electron chi connectivity index (χ3n) is 4.48. The lowest BCUT2D eigenvalue weighted by Gasteiger charge is -2.21. The summed E-state index contributed by atoms with van der Waals surface area (Å²) in [6.45, 7) is 12.9. The van der Waals surface area contributed by atoms with Gasteiger partial charge in [0.1, 0.15) is 0 Å². The van der Waals surface area contributed by atoms with Crippen molar-refractivity contribution in [3.8, 4) is 0 Å². The Hall–Kier alpha value is -0.830. The first-order chi connectivity index (χ1) is 12.0. The zero-order chi connectivity index (χ0) is 18.7. The van der Waals surface area contributed by atoms with Gasteiger partial charge < -0.3 is 19.9 Å². The van der Waals surface area contributed by atoms with Crippen molar-refractivity contribution in [2.45, 2.75) is 72.4 Å². The zero-order valence-electron chi connectivity index (χ0n) is 17.2. The van der Waals surface area contributed by atoms with E-state index in [9.17, 15) is 0 Å². The third-order valence-corrected chi connectivity index (χ3v) is 4.48. The molecule has 0 aliphatic heterocycles. The van der Waals surface area contributed by atoms with E-state index in [4.69, 9.17) is 9.26 Å². The van der Waals surface area contributed by atoms with Crippen LogP contribution in [0, 0.1) is 5.92 Å². The summed E-state index contributed by atoms with van der Waals surface area (Å²) in [4.78, 5) is 4.26. The Balaban J connectivity index is 0.00000625. The minimum Gasteiger partial charge on any atom is -0.378 e. The van der Waals surface area contributed by atoms with Crippen molar-refractivity contribution in [3.05, 3.63) is 17.5 Å². The third kappa shape index (κ3) is 8.70. The normalized spacial score (nSPS) is 13.0. The van der Waals surface area contributed by atoms with Gasteiger partial charge in [-0.3, -0.25) is 4.99 Å². The van der Waals surface area contributed by atoms with Gasteiger partial charge in [-0.2, -0.15) is 0 Å². The first-order valence-electron chi connectivity index (χ1n) is 9.57. The quantitative estimate of drug-likeness (QED) is 0.281. The Morgan fingerprint density at radius 2 is 1.92 bits per heavy atom. The summed E-state index contributed by atoms with van der Waals surface area (Å²) < 4.78 is 11.2. The van der Waals surface area contributed by atoms with Crippen LogP contribution in [0.2, 0.25) is 0 Å². The highest BCUT2D eigenvalue weighted by atomic mass is 127. The van der Waals surface area contributed by atoms with Gasteiger partial charge in [-0.05, 0) is 32.1 Å². The summed E-state index contributed by atoms with van der Waals surface area (Å²) in [6.07, 6.45) is 3.38. The second kappa shape index (κ2) is 14.3. The predicted molar refractivity (Wildman–Crippen MR) is 118 cm³/mol. The van der Waals surface area contributed by atoms with E-state index in [1.165, 1.54) is 0 Å². The molecule has 0 saturated heterocycles. The predicted octanol–water partition coefficient (Wildman–Crippen LogP) is 4.31. The molecule has 26 heavy (non-hydrogen) atoms. The van der Waals surface area contributed by atoms with Crippen LogP contribution in [0.1, 0.15) is 71.3 Å². The number of guanidine groups is 1. The maximum Gasteiger partial charge on any atom is 0.191 e. The molecular weight excluding hydrogens is 443 g/mol. The molecule has 152 valence electrons. The van der Waals surface area contributed by atoms with E-state index in [1.807, 2.05) is 13.0 Å². The fourth-order valence-electron chi connectivity index (χ4n) is 2.86. The van der Waals surface area contributed by atoms with E-state index in [1.54, 1.807) is 7.05 Å². The average molecular weight is 480 g/mol. The summed E-state index contributed by atoms with van der Waals surface area (Å²) in [5.74, 6) is 2.58. The van der Waals surface area contributed by atoms with E-state index < -0.39 is 0 Å². The number of hydrogen-bond acceptors (Lipinski definition) is 4. The molecule has 0 bridgehead atoms. The van der Waals surface area contributed by atoms with Crippen LogP contribution in [0.5, 0.6) is 0 Å². The molecule has 0 aliphatic rings. The maximum atomic E-state index is 5.77. The van der Waals surface area contributed by atoms with Crippen LogP contribution < -0.4 is 10.6 Å². The van der Waals surface area contributed by atoms with Gasteiger partial charge in [0.15, 0.2) is 11.7 Å². The Bertz CT molecular complexity index is 501. The van der Waals surface area contributed by atoms with Crippen molar-refractivity contribution < 1.29 is 9.26 Å². The molecule has 0 aliphatic carbocycles. The van der Waals surface area contributed by atoms with E-state index in [2.05, 4.69) is 48.5 Å². The second-order valence-electron chi connectivity index (χ2n) is 6.61. The molecule has 1 aromatic rings. The number of nitrogens with zero attached hydrogens (tertiary/aromatic N) is 2. The van der Waals surface area contributed by atoms with Gasteiger partial charge in [-0.15, -0.1) is 24.0 Å². The van der Waals surface area contributed by atoms with Crippen LogP contribution in [0.25, 0.3) is 0 Å². The van der Waals surface area contributed by atoms with E-state index in [0.717, 1.165) is 49.8 Å². The number of ether oxygens (including phenoxy) is 1. The first-order valence-corrected chi connectivity index (χ1v) is 9.57. The molecule has 1 aromatic heterocycles. The zero-order valence-corrected chi connectivity index (χ0v) is 19.5. The highest BCUT2D eigenvalue weighted by Gasteiger charge is 2.14. The van der Waals surface area contributed by atoms with Crippen molar-refractivity contribution in [1.82, 2.24) is 15.8 Å². The van der Waals surface area contributed by atoms with Crippen molar-refractivity contribution >= 4 is 29.9 Å². The maximum absolute atomic E-state index is 5.77. The molecule has 0 spiro atoms. The summed E-state index contributed by atoms with van der Waals surface area (Å²) >= 11 is 0. The minimum atomic E-state index is 0. The molecular formula is C19H37IN4O2. The first kappa shape index (κ1) is 25.2. The molecule has 1 unspecified atom stereocenters. The number of rotatable bonds is 11. The van der Waals surface area contributed by atoms with Crippen molar-refractivity contribution in [1.29, 1.82) is 0 Å². The lowest BCUT2D eigenvalue weighted by Crippen LogP contribution is -2.38. The lowest BCUT2D eigenvalue weighted by atomic mass is 9.99. The van der Waals surface area contributed by atoms with Crippen LogP contribution >= 0.6 is 24.0 Å². The fraction of sp³-hybridized carbons (Fsp3) is 0.789. The van der Waals surface area contributed by atoms with Gasteiger partial charge in [-0.1, -0.05) is 32.9 Å². The molecule has 2 N–H and O–H groups in total. The molecule has 0 amide bonds. The average Bonchev–Trinajstić information content (AvgIpc) is 3.06. The van der Waals surface area contributed by atoms with Crippen molar-refractivity contribution in [3.63, 3.8) is 0 Å². The number of halogens is 1. The molecule has 0 radical (unpaired) electrons. The summed E-state index contributed by atoms with van der Waals surface area (Å²) in [7, 11) is 1.77. The molecule has 0 saturated carbocycles. The number of aromatic nitrogens is 1. The van der Waals surface area contributed by atoms with Gasteiger partial charge in [0, 0.05) is 32.2 Å². The number of aliphatic imine (C=N–C) groups is 1. The van der Waals surface area contributed by atoms with Crippen molar-refractivity contribution in [2.24, 2.45) is 10.9 Å².